The van der Waals surface area contributed by atoms with E-state index in [2.05, 4.69) is 19.9 Å². The van der Waals surface area contributed by atoms with Crippen LogP contribution in [0.4, 0.5) is 0 Å². The molecule has 1 aromatic heterocycles. The fraction of sp³-hybridized carbons (Fsp3) is 0.333. The standard InChI is InChI=1S/C24H28N4O.ClH/c1-17-8-6-7-11-21(17)23-22(16-28(26-23)20-9-4-3-5-10-20)24(29)27-14-12-19(13-15-27)18(2)25;/h3-11,16,18-19H,12-15,25H2,1-2H3;1H. The van der Waals surface area contributed by atoms with E-state index in [1.807, 2.05) is 64.3 Å². The van der Waals surface area contributed by atoms with Crippen molar-refractivity contribution in [3.63, 3.8) is 0 Å². The summed E-state index contributed by atoms with van der Waals surface area (Å²) in [7, 11) is 0. The normalized spacial score (nSPS) is 15.5. The van der Waals surface area contributed by atoms with E-state index in [1.54, 1.807) is 0 Å². The Bertz CT molecular complexity index is 991. The van der Waals surface area contributed by atoms with Gasteiger partial charge in [0.25, 0.3) is 5.91 Å². The number of hydrogen-bond acceptors (Lipinski definition) is 3. The summed E-state index contributed by atoms with van der Waals surface area (Å²) in [6, 6.07) is 18.2. The molecule has 6 heteroatoms. The van der Waals surface area contributed by atoms with Gasteiger partial charge in [0.15, 0.2) is 0 Å². The van der Waals surface area contributed by atoms with Gasteiger partial charge < -0.3 is 10.6 Å². The number of carbonyl (C=O) groups is 1. The maximum absolute atomic E-state index is 13.5. The maximum atomic E-state index is 13.5. The first-order valence-corrected chi connectivity index (χ1v) is 10.3. The van der Waals surface area contributed by atoms with Crippen LogP contribution in [-0.4, -0.2) is 39.7 Å². The Morgan fingerprint density at radius 1 is 1.07 bits per heavy atom. The molecule has 1 unspecified atom stereocenters. The van der Waals surface area contributed by atoms with Gasteiger partial charge in [-0.3, -0.25) is 4.79 Å². The molecule has 3 aromatic rings. The molecule has 1 amide bonds. The maximum Gasteiger partial charge on any atom is 0.257 e. The highest BCUT2D eigenvalue weighted by Crippen LogP contribution is 2.29. The summed E-state index contributed by atoms with van der Waals surface area (Å²) < 4.78 is 1.81. The number of likely N-dealkylation sites (tertiary alicyclic amines) is 1. The quantitative estimate of drug-likeness (QED) is 0.672. The van der Waals surface area contributed by atoms with Crippen LogP contribution in [0.1, 0.15) is 35.7 Å². The molecule has 1 fully saturated rings. The Morgan fingerprint density at radius 3 is 2.33 bits per heavy atom. The molecule has 1 saturated heterocycles. The summed E-state index contributed by atoms with van der Waals surface area (Å²) in [4.78, 5) is 15.4. The molecule has 158 valence electrons. The molecule has 0 saturated carbocycles. The molecular weight excluding hydrogens is 396 g/mol. The van der Waals surface area contributed by atoms with Crippen LogP contribution in [0.2, 0.25) is 0 Å². The number of hydrogen-bond donors (Lipinski definition) is 1. The minimum absolute atomic E-state index is 0. The third kappa shape index (κ3) is 4.42. The minimum Gasteiger partial charge on any atom is -0.339 e. The Labute approximate surface area is 184 Å². The second-order valence-corrected chi connectivity index (χ2v) is 7.98. The molecule has 0 aliphatic carbocycles. The molecule has 0 bridgehead atoms. The number of aromatic nitrogens is 2. The van der Waals surface area contributed by atoms with Crippen molar-refractivity contribution >= 4 is 18.3 Å². The molecule has 1 aliphatic rings. The van der Waals surface area contributed by atoms with Crippen LogP contribution in [0.15, 0.2) is 60.8 Å². The summed E-state index contributed by atoms with van der Waals surface area (Å²) in [6.07, 6.45) is 3.78. The van der Waals surface area contributed by atoms with Crippen molar-refractivity contribution in [1.82, 2.24) is 14.7 Å². The number of aryl methyl sites for hydroxylation is 1. The molecule has 2 N–H and O–H groups in total. The summed E-state index contributed by atoms with van der Waals surface area (Å²) >= 11 is 0. The highest BCUT2D eigenvalue weighted by Gasteiger charge is 2.28. The van der Waals surface area contributed by atoms with Crippen LogP contribution < -0.4 is 5.73 Å². The van der Waals surface area contributed by atoms with Crippen LogP contribution in [0, 0.1) is 12.8 Å². The molecule has 4 rings (SSSR count). The number of nitrogens with two attached hydrogens (primary N) is 1. The van der Waals surface area contributed by atoms with E-state index in [0.717, 1.165) is 48.4 Å². The predicted molar refractivity (Wildman–Crippen MR) is 123 cm³/mol. The molecule has 2 aromatic carbocycles. The summed E-state index contributed by atoms with van der Waals surface area (Å²) in [5, 5.41) is 4.82. The van der Waals surface area contributed by atoms with E-state index in [0.29, 0.717) is 11.5 Å². The van der Waals surface area contributed by atoms with Crippen molar-refractivity contribution in [2.75, 3.05) is 13.1 Å². The molecule has 2 heterocycles. The lowest BCUT2D eigenvalue weighted by atomic mass is 9.90. The topological polar surface area (TPSA) is 64.2 Å². The van der Waals surface area contributed by atoms with Crippen LogP contribution in [0.5, 0.6) is 0 Å². The van der Waals surface area contributed by atoms with Gasteiger partial charge in [-0.05, 0) is 50.3 Å². The van der Waals surface area contributed by atoms with Gasteiger partial charge in [0.2, 0.25) is 0 Å². The van der Waals surface area contributed by atoms with Crippen molar-refractivity contribution in [3.05, 3.63) is 71.9 Å². The second-order valence-electron chi connectivity index (χ2n) is 7.98. The number of rotatable bonds is 4. The Morgan fingerprint density at radius 2 is 1.70 bits per heavy atom. The van der Waals surface area contributed by atoms with Crippen LogP contribution >= 0.6 is 12.4 Å². The number of benzene rings is 2. The number of piperidine rings is 1. The highest BCUT2D eigenvalue weighted by atomic mass is 35.5. The Hall–Kier alpha value is -2.63. The van der Waals surface area contributed by atoms with Crippen molar-refractivity contribution in [3.8, 4) is 16.9 Å². The first-order chi connectivity index (χ1) is 14.0. The van der Waals surface area contributed by atoms with Gasteiger partial charge >= 0.3 is 0 Å². The largest absolute Gasteiger partial charge is 0.339 e. The van der Waals surface area contributed by atoms with Gasteiger partial charge in [-0.2, -0.15) is 5.10 Å². The number of amides is 1. The van der Waals surface area contributed by atoms with E-state index in [1.165, 1.54) is 0 Å². The predicted octanol–water partition coefficient (Wildman–Crippen LogP) is 4.47. The Balaban J connectivity index is 0.00000256. The Kier molecular flexibility index (Phi) is 6.95. The smallest absolute Gasteiger partial charge is 0.257 e. The van der Waals surface area contributed by atoms with E-state index in [4.69, 9.17) is 10.8 Å². The SMILES string of the molecule is Cc1ccccc1-c1nn(-c2ccccc2)cc1C(=O)N1CCC(C(C)N)CC1.Cl. The van der Waals surface area contributed by atoms with Crippen LogP contribution in [0.25, 0.3) is 16.9 Å². The van der Waals surface area contributed by atoms with E-state index in [9.17, 15) is 4.79 Å². The highest BCUT2D eigenvalue weighted by molar-refractivity contribution is 6.00. The molecule has 0 spiro atoms. The van der Waals surface area contributed by atoms with Gasteiger partial charge in [-0.1, -0.05) is 42.5 Å². The number of nitrogens with zero attached hydrogens (tertiary/aromatic N) is 3. The molecule has 5 nitrogen and oxygen atoms in total. The monoisotopic (exact) mass is 424 g/mol. The zero-order chi connectivity index (χ0) is 20.4. The zero-order valence-electron chi connectivity index (χ0n) is 17.5. The lowest BCUT2D eigenvalue weighted by Gasteiger charge is -2.33. The fourth-order valence-corrected chi connectivity index (χ4v) is 4.08. The zero-order valence-corrected chi connectivity index (χ0v) is 18.3. The number of para-hydroxylation sites is 1. The lowest BCUT2D eigenvalue weighted by molar-refractivity contribution is 0.0681. The van der Waals surface area contributed by atoms with Crippen LogP contribution in [-0.2, 0) is 0 Å². The summed E-state index contributed by atoms with van der Waals surface area (Å²) in [5.74, 6) is 0.537. The van der Waals surface area contributed by atoms with Gasteiger partial charge in [-0.25, -0.2) is 4.68 Å². The van der Waals surface area contributed by atoms with Gasteiger partial charge in [0.05, 0.1) is 11.3 Å². The first-order valence-electron chi connectivity index (χ1n) is 10.3. The van der Waals surface area contributed by atoms with E-state index in [-0.39, 0.29) is 24.4 Å². The van der Waals surface area contributed by atoms with Crippen LogP contribution in [0.3, 0.4) is 0 Å². The average Bonchev–Trinajstić information content (AvgIpc) is 3.19. The second kappa shape index (κ2) is 9.45. The molecule has 0 radical (unpaired) electrons. The van der Waals surface area contributed by atoms with Gasteiger partial charge in [-0.15, -0.1) is 12.4 Å². The molecular formula is C24H29ClN4O. The third-order valence-corrected chi connectivity index (χ3v) is 5.94. The lowest BCUT2D eigenvalue weighted by Crippen LogP contribution is -2.42. The van der Waals surface area contributed by atoms with Gasteiger partial charge in [0, 0.05) is 30.9 Å². The minimum atomic E-state index is 0. The van der Waals surface area contributed by atoms with Crippen molar-refractivity contribution in [1.29, 1.82) is 0 Å². The van der Waals surface area contributed by atoms with Crippen molar-refractivity contribution < 1.29 is 4.79 Å². The van der Waals surface area contributed by atoms with Crippen molar-refractivity contribution in [2.24, 2.45) is 11.7 Å². The van der Waals surface area contributed by atoms with E-state index >= 15 is 0 Å². The number of halogens is 1. The van der Waals surface area contributed by atoms with Crippen molar-refractivity contribution in [2.45, 2.75) is 32.7 Å². The summed E-state index contributed by atoms with van der Waals surface area (Å²) in [5.41, 5.74) is 10.5. The molecule has 1 atom stereocenters. The average molecular weight is 425 g/mol. The third-order valence-electron chi connectivity index (χ3n) is 5.94. The summed E-state index contributed by atoms with van der Waals surface area (Å²) in [6.45, 7) is 5.60. The first kappa shape index (κ1) is 22.1. The fourth-order valence-electron chi connectivity index (χ4n) is 4.08. The van der Waals surface area contributed by atoms with E-state index < -0.39 is 0 Å². The number of carbonyl (C=O) groups excluding carboxylic acids is 1. The molecule has 30 heavy (non-hydrogen) atoms. The van der Waals surface area contributed by atoms with Gasteiger partial charge in [0.1, 0.15) is 5.69 Å². The molecule has 1 aliphatic heterocycles.